The zero-order valence-electron chi connectivity index (χ0n) is 14.7. The van der Waals surface area contributed by atoms with Crippen LogP contribution in [0.5, 0.6) is 0 Å². The minimum absolute atomic E-state index is 0.137. The third kappa shape index (κ3) is 8.95. The predicted molar refractivity (Wildman–Crippen MR) is 92.5 cm³/mol. The summed E-state index contributed by atoms with van der Waals surface area (Å²) >= 11 is 0. The Labute approximate surface area is 134 Å². The minimum atomic E-state index is -0.224. The average molecular weight is 309 g/mol. The topological polar surface area (TPSA) is 57.4 Å². The van der Waals surface area contributed by atoms with Gasteiger partial charge in [0.05, 0.1) is 6.10 Å². The normalized spacial score (nSPS) is 22.9. The first-order valence-corrected chi connectivity index (χ1v) is 8.08. The number of rotatable bonds is 4. The van der Waals surface area contributed by atoms with Crippen LogP contribution in [0.25, 0.3) is 0 Å². The van der Waals surface area contributed by atoms with Crippen molar-refractivity contribution in [3.8, 4) is 0 Å². The van der Waals surface area contributed by atoms with Gasteiger partial charge in [0.15, 0.2) is 5.90 Å². The van der Waals surface area contributed by atoms with E-state index in [9.17, 15) is 5.11 Å². The van der Waals surface area contributed by atoms with Crippen LogP contribution >= 0.6 is 0 Å². The van der Waals surface area contributed by atoms with Gasteiger partial charge in [-0.2, -0.15) is 0 Å². The first kappa shape index (κ1) is 18.8. The van der Waals surface area contributed by atoms with Gasteiger partial charge in [-0.05, 0) is 53.5 Å². The standard InChI is InChI=1S/C17H31N3O2/c1-14(13-20-11-6-7-16(21)8-12-20)18-9-10-19-15(2)22-17(3,4)5/h9-10,16,21H,6-8,11-13H2,1-5H3/b10-9-,18-14?,19-15?. The van der Waals surface area contributed by atoms with Crippen molar-refractivity contribution in [2.75, 3.05) is 19.6 Å². The maximum Gasteiger partial charge on any atom is 0.185 e. The van der Waals surface area contributed by atoms with E-state index < -0.39 is 0 Å². The molecule has 0 saturated carbocycles. The van der Waals surface area contributed by atoms with E-state index in [4.69, 9.17) is 4.74 Å². The molecule has 1 aliphatic heterocycles. The van der Waals surface area contributed by atoms with Gasteiger partial charge in [-0.1, -0.05) is 0 Å². The molecule has 0 radical (unpaired) electrons. The van der Waals surface area contributed by atoms with Crippen LogP contribution in [0.1, 0.15) is 53.9 Å². The molecule has 5 nitrogen and oxygen atoms in total. The van der Waals surface area contributed by atoms with Crippen LogP contribution in [0, 0.1) is 0 Å². The lowest BCUT2D eigenvalue weighted by atomic mass is 10.2. The second-order valence-electron chi connectivity index (χ2n) is 6.89. The monoisotopic (exact) mass is 309 g/mol. The van der Waals surface area contributed by atoms with Crippen LogP contribution in [0.15, 0.2) is 22.4 Å². The van der Waals surface area contributed by atoms with E-state index in [-0.39, 0.29) is 11.7 Å². The van der Waals surface area contributed by atoms with E-state index in [1.54, 1.807) is 12.4 Å². The number of aliphatic hydroxyl groups is 1. The van der Waals surface area contributed by atoms with Crippen molar-refractivity contribution >= 4 is 11.6 Å². The van der Waals surface area contributed by atoms with E-state index in [2.05, 4.69) is 14.9 Å². The molecule has 1 rings (SSSR count). The van der Waals surface area contributed by atoms with Gasteiger partial charge in [0, 0.05) is 38.1 Å². The quantitative estimate of drug-likeness (QED) is 0.641. The molecule has 0 aromatic carbocycles. The summed E-state index contributed by atoms with van der Waals surface area (Å²) in [6.07, 6.45) is 6.05. The third-order valence-electron chi connectivity index (χ3n) is 3.31. The molecule has 1 heterocycles. The summed E-state index contributed by atoms with van der Waals surface area (Å²) in [6.45, 7) is 12.7. The zero-order valence-corrected chi connectivity index (χ0v) is 14.7. The van der Waals surface area contributed by atoms with Crippen LogP contribution < -0.4 is 0 Å². The predicted octanol–water partition coefficient (Wildman–Crippen LogP) is 3.00. The van der Waals surface area contributed by atoms with Crippen LogP contribution in [0.4, 0.5) is 0 Å². The summed E-state index contributed by atoms with van der Waals surface area (Å²) in [5, 5.41) is 9.65. The lowest BCUT2D eigenvalue weighted by Crippen LogP contribution is -2.30. The number of aliphatic hydroxyl groups excluding tert-OH is 1. The van der Waals surface area contributed by atoms with Crippen molar-refractivity contribution < 1.29 is 9.84 Å². The molecule has 1 aliphatic rings. The highest BCUT2D eigenvalue weighted by molar-refractivity contribution is 5.84. The Morgan fingerprint density at radius 1 is 1.18 bits per heavy atom. The zero-order chi connectivity index (χ0) is 16.6. The number of hydrogen-bond donors (Lipinski definition) is 1. The minimum Gasteiger partial charge on any atom is -0.475 e. The summed E-state index contributed by atoms with van der Waals surface area (Å²) in [5.41, 5.74) is 0.829. The van der Waals surface area contributed by atoms with Crippen molar-refractivity contribution in [1.82, 2.24) is 4.90 Å². The highest BCUT2D eigenvalue weighted by Gasteiger charge is 2.14. The molecule has 1 atom stereocenters. The fraction of sp³-hybridized carbons (Fsp3) is 0.765. The Balaban J connectivity index is 2.41. The molecule has 22 heavy (non-hydrogen) atoms. The second kappa shape index (κ2) is 9.06. The van der Waals surface area contributed by atoms with E-state index in [0.29, 0.717) is 5.90 Å². The summed E-state index contributed by atoms with van der Waals surface area (Å²) in [5.74, 6) is 0.637. The van der Waals surface area contributed by atoms with Crippen LogP contribution in [-0.2, 0) is 4.74 Å². The maximum atomic E-state index is 9.65. The fourth-order valence-electron chi connectivity index (χ4n) is 2.43. The van der Waals surface area contributed by atoms with Gasteiger partial charge < -0.3 is 9.84 Å². The van der Waals surface area contributed by atoms with Crippen LogP contribution in [0.2, 0.25) is 0 Å². The molecule has 0 aliphatic carbocycles. The number of nitrogens with zero attached hydrogens (tertiary/aromatic N) is 3. The van der Waals surface area contributed by atoms with Gasteiger partial charge in [-0.25, -0.2) is 4.99 Å². The summed E-state index contributed by atoms with van der Waals surface area (Å²) in [6, 6.07) is 0. The molecule has 0 aromatic rings. The molecule has 0 aromatic heterocycles. The van der Waals surface area contributed by atoms with E-state index in [1.165, 1.54) is 0 Å². The van der Waals surface area contributed by atoms with E-state index in [1.807, 2.05) is 34.6 Å². The van der Waals surface area contributed by atoms with Gasteiger partial charge in [0.25, 0.3) is 0 Å². The van der Waals surface area contributed by atoms with Gasteiger partial charge in [-0.15, -0.1) is 0 Å². The highest BCUT2D eigenvalue weighted by Crippen LogP contribution is 2.10. The van der Waals surface area contributed by atoms with Gasteiger partial charge in [-0.3, -0.25) is 9.89 Å². The van der Waals surface area contributed by atoms with Gasteiger partial charge >= 0.3 is 0 Å². The largest absolute Gasteiger partial charge is 0.475 e. The first-order valence-electron chi connectivity index (χ1n) is 8.08. The van der Waals surface area contributed by atoms with Crippen molar-refractivity contribution in [2.45, 2.75) is 65.6 Å². The van der Waals surface area contributed by atoms with Crippen LogP contribution in [-0.4, -0.2) is 53.0 Å². The number of aliphatic imine (C=N–C) groups is 2. The molecule has 1 N–H and O–H groups in total. The Bertz CT molecular complexity index is 422. The Kier molecular flexibility index (Phi) is 7.76. The average Bonchev–Trinajstić information content (AvgIpc) is 2.58. The maximum absolute atomic E-state index is 9.65. The molecule has 0 bridgehead atoms. The molecule has 1 fully saturated rings. The third-order valence-corrected chi connectivity index (χ3v) is 3.31. The second-order valence-corrected chi connectivity index (χ2v) is 6.89. The molecule has 5 heteroatoms. The van der Waals surface area contributed by atoms with E-state index in [0.717, 1.165) is 44.6 Å². The molecule has 126 valence electrons. The molecule has 1 saturated heterocycles. The first-order chi connectivity index (χ1) is 10.3. The summed E-state index contributed by atoms with van der Waals surface area (Å²) < 4.78 is 5.61. The summed E-state index contributed by atoms with van der Waals surface area (Å²) in [7, 11) is 0. The van der Waals surface area contributed by atoms with Gasteiger partial charge in [0.2, 0.25) is 0 Å². The molecule has 0 spiro atoms. The van der Waals surface area contributed by atoms with Crippen molar-refractivity contribution in [2.24, 2.45) is 9.98 Å². The molecule has 0 amide bonds. The Morgan fingerprint density at radius 2 is 1.86 bits per heavy atom. The highest BCUT2D eigenvalue weighted by atomic mass is 16.5. The number of likely N-dealkylation sites (tertiary alicyclic amines) is 1. The molecule has 1 unspecified atom stereocenters. The Morgan fingerprint density at radius 3 is 2.55 bits per heavy atom. The SMILES string of the molecule is CC(CN1CCCC(O)CC1)=N/C=C\N=C(C)OC(C)(C)C. The van der Waals surface area contributed by atoms with Gasteiger partial charge in [0.1, 0.15) is 5.60 Å². The molecular formula is C17H31N3O2. The van der Waals surface area contributed by atoms with E-state index >= 15 is 0 Å². The summed E-state index contributed by atoms with van der Waals surface area (Å²) in [4.78, 5) is 11.0. The number of hydrogen-bond acceptors (Lipinski definition) is 5. The van der Waals surface area contributed by atoms with Crippen LogP contribution in [0.3, 0.4) is 0 Å². The smallest absolute Gasteiger partial charge is 0.185 e. The number of ether oxygens (including phenoxy) is 1. The van der Waals surface area contributed by atoms with Crippen molar-refractivity contribution in [3.63, 3.8) is 0 Å². The molecular weight excluding hydrogens is 278 g/mol. The lowest BCUT2D eigenvalue weighted by molar-refractivity contribution is 0.115. The fourth-order valence-corrected chi connectivity index (χ4v) is 2.43. The van der Waals surface area contributed by atoms with Crippen molar-refractivity contribution in [3.05, 3.63) is 12.4 Å². The Hall–Kier alpha value is -1.20. The van der Waals surface area contributed by atoms with Crippen molar-refractivity contribution in [1.29, 1.82) is 0 Å². The lowest BCUT2D eigenvalue weighted by Gasteiger charge is -2.20.